The Bertz CT molecular complexity index is 777. The van der Waals surface area contributed by atoms with Crippen LogP contribution in [0.5, 0.6) is 0 Å². The van der Waals surface area contributed by atoms with Crippen molar-refractivity contribution < 1.29 is 19.1 Å². The molecule has 0 unspecified atom stereocenters. The molecule has 0 saturated heterocycles. The highest BCUT2D eigenvalue weighted by Crippen LogP contribution is 2.17. The van der Waals surface area contributed by atoms with Gasteiger partial charge in [-0.2, -0.15) is 0 Å². The van der Waals surface area contributed by atoms with Crippen LogP contribution in [0, 0.1) is 6.92 Å². The number of urea groups is 1. The molecular weight excluding hydrogens is 324 g/mol. The highest BCUT2D eigenvalue weighted by atomic mass is 16.5. The summed E-state index contributed by atoms with van der Waals surface area (Å²) in [6, 6.07) is 7.60. The lowest BCUT2D eigenvalue weighted by Crippen LogP contribution is -2.35. The minimum absolute atomic E-state index is 0.194. The van der Waals surface area contributed by atoms with Crippen molar-refractivity contribution >= 4 is 29.3 Å². The Kier molecular flexibility index (Phi) is 6.05. The molecule has 8 nitrogen and oxygen atoms in total. The van der Waals surface area contributed by atoms with Gasteiger partial charge in [0.1, 0.15) is 0 Å². The summed E-state index contributed by atoms with van der Waals surface area (Å²) in [6.07, 6.45) is 3.10. The lowest BCUT2D eigenvalue weighted by molar-refractivity contribution is -0.115. The molecule has 1 aromatic heterocycles. The van der Waals surface area contributed by atoms with Gasteiger partial charge >= 0.3 is 12.0 Å². The molecule has 0 aliphatic carbocycles. The molecule has 2 aromatic rings. The number of hydrogen-bond acceptors (Lipinski definition) is 5. The van der Waals surface area contributed by atoms with E-state index in [9.17, 15) is 14.4 Å². The molecule has 3 N–H and O–H groups in total. The van der Waals surface area contributed by atoms with Gasteiger partial charge in [-0.25, -0.2) is 9.59 Å². The fraction of sp³-hybridized carbons (Fsp3) is 0.176. The molecule has 3 amide bonds. The first-order valence-electron chi connectivity index (χ1n) is 7.43. The van der Waals surface area contributed by atoms with Crippen LogP contribution < -0.4 is 16.0 Å². The van der Waals surface area contributed by atoms with Crippen molar-refractivity contribution in [1.29, 1.82) is 0 Å². The average Bonchev–Trinajstić information content (AvgIpc) is 2.62. The predicted molar refractivity (Wildman–Crippen MR) is 92.4 cm³/mol. The maximum Gasteiger partial charge on any atom is 0.337 e. The van der Waals surface area contributed by atoms with Crippen LogP contribution >= 0.6 is 0 Å². The van der Waals surface area contributed by atoms with Gasteiger partial charge in [0.2, 0.25) is 5.91 Å². The minimum Gasteiger partial charge on any atom is -0.465 e. The van der Waals surface area contributed by atoms with E-state index in [-0.39, 0.29) is 12.5 Å². The topological polar surface area (TPSA) is 109 Å². The largest absolute Gasteiger partial charge is 0.465 e. The molecule has 2 rings (SSSR count). The summed E-state index contributed by atoms with van der Waals surface area (Å²) in [5.41, 5.74) is 2.15. The van der Waals surface area contributed by atoms with Gasteiger partial charge in [0.05, 0.1) is 31.1 Å². The average molecular weight is 342 g/mol. The molecule has 8 heteroatoms. The normalized spacial score (nSPS) is 9.84. The fourth-order valence-corrected chi connectivity index (χ4v) is 2.02. The number of nitrogens with one attached hydrogen (secondary N) is 3. The maximum absolute atomic E-state index is 11.9. The standard InChI is InChI=1S/C17H18N4O4/c1-11-8-12(16(23)25-2)5-6-14(11)21-17(24)19-10-15(22)20-13-4-3-7-18-9-13/h3-9H,10H2,1-2H3,(H,20,22)(H2,19,21,24). The van der Waals surface area contributed by atoms with Gasteiger partial charge < -0.3 is 20.7 Å². The van der Waals surface area contributed by atoms with E-state index < -0.39 is 12.0 Å². The summed E-state index contributed by atoms with van der Waals surface area (Å²) < 4.78 is 4.64. The zero-order valence-electron chi connectivity index (χ0n) is 13.8. The monoisotopic (exact) mass is 342 g/mol. The van der Waals surface area contributed by atoms with Crippen molar-refractivity contribution in [1.82, 2.24) is 10.3 Å². The van der Waals surface area contributed by atoms with Crippen molar-refractivity contribution in [3.8, 4) is 0 Å². The van der Waals surface area contributed by atoms with E-state index in [1.165, 1.54) is 13.3 Å². The third-order valence-corrected chi connectivity index (χ3v) is 3.25. The molecule has 1 aromatic carbocycles. The summed E-state index contributed by atoms with van der Waals surface area (Å²) >= 11 is 0. The highest BCUT2D eigenvalue weighted by molar-refractivity contribution is 5.97. The molecule has 0 atom stereocenters. The molecule has 0 spiro atoms. The summed E-state index contributed by atoms with van der Waals surface area (Å²) in [7, 11) is 1.30. The lowest BCUT2D eigenvalue weighted by atomic mass is 10.1. The van der Waals surface area contributed by atoms with Crippen molar-refractivity contribution in [3.05, 3.63) is 53.9 Å². The number of aryl methyl sites for hydroxylation is 1. The first kappa shape index (κ1) is 17.9. The number of methoxy groups -OCH3 is 1. The first-order chi connectivity index (χ1) is 12.0. The lowest BCUT2D eigenvalue weighted by Gasteiger charge is -2.11. The molecule has 0 aliphatic rings. The summed E-state index contributed by atoms with van der Waals surface area (Å²) in [6.45, 7) is 1.55. The number of benzene rings is 1. The number of pyridine rings is 1. The molecule has 0 aliphatic heterocycles. The van der Waals surface area contributed by atoms with Crippen molar-refractivity contribution in [2.75, 3.05) is 24.3 Å². The second-order valence-corrected chi connectivity index (χ2v) is 5.12. The van der Waals surface area contributed by atoms with Crippen LogP contribution in [0.25, 0.3) is 0 Å². The summed E-state index contributed by atoms with van der Waals surface area (Å²) in [5, 5.41) is 7.68. The van der Waals surface area contributed by atoms with Gasteiger partial charge in [0.15, 0.2) is 0 Å². The highest BCUT2D eigenvalue weighted by Gasteiger charge is 2.10. The Balaban J connectivity index is 1.86. The fourth-order valence-electron chi connectivity index (χ4n) is 2.02. The molecule has 25 heavy (non-hydrogen) atoms. The number of aromatic nitrogens is 1. The van der Waals surface area contributed by atoms with Gasteiger partial charge in [0.25, 0.3) is 0 Å². The summed E-state index contributed by atoms with van der Waals surface area (Å²) in [5.74, 6) is -0.827. The van der Waals surface area contributed by atoms with E-state index in [1.807, 2.05) is 0 Å². The number of rotatable bonds is 5. The third-order valence-electron chi connectivity index (χ3n) is 3.25. The van der Waals surface area contributed by atoms with Crippen LogP contribution in [-0.2, 0) is 9.53 Å². The number of hydrogen-bond donors (Lipinski definition) is 3. The van der Waals surface area contributed by atoms with Gasteiger partial charge in [0, 0.05) is 11.9 Å². The smallest absolute Gasteiger partial charge is 0.337 e. The number of carbonyl (C=O) groups excluding carboxylic acids is 3. The Labute approximate surface area is 144 Å². The molecule has 1 heterocycles. The van der Waals surface area contributed by atoms with Crippen molar-refractivity contribution in [3.63, 3.8) is 0 Å². The minimum atomic E-state index is -0.532. The van der Waals surface area contributed by atoms with E-state index >= 15 is 0 Å². The number of amides is 3. The van der Waals surface area contributed by atoms with Crippen LogP contribution in [0.15, 0.2) is 42.7 Å². The second kappa shape index (κ2) is 8.44. The van der Waals surface area contributed by atoms with Crippen LogP contribution in [0.2, 0.25) is 0 Å². The van der Waals surface area contributed by atoms with E-state index in [2.05, 4.69) is 25.7 Å². The second-order valence-electron chi connectivity index (χ2n) is 5.12. The molecular formula is C17H18N4O4. The van der Waals surface area contributed by atoms with E-state index in [0.29, 0.717) is 22.5 Å². The number of carbonyl (C=O) groups is 3. The van der Waals surface area contributed by atoms with Gasteiger partial charge in [-0.15, -0.1) is 0 Å². The number of nitrogens with zero attached hydrogens (tertiary/aromatic N) is 1. The van der Waals surface area contributed by atoms with Gasteiger partial charge in [-0.1, -0.05) is 0 Å². The SMILES string of the molecule is COC(=O)c1ccc(NC(=O)NCC(=O)Nc2cccnc2)c(C)c1. The van der Waals surface area contributed by atoms with Crippen LogP contribution in [0.4, 0.5) is 16.2 Å². The first-order valence-corrected chi connectivity index (χ1v) is 7.43. The Hall–Kier alpha value is -3.42. The molecule has 0 fully saturated rings. The third kappa shape index (κ3) is 5.31. The van der Waals surface area contributed by atoms with E-state index in [0.717, 1.165) is 0 Å². The molecule has 130 valence electrons. The van der Waals surface area contributed by atoms with Crippen LogP contribution in [0.3, 0.4) is 0 Å². The molecule has 0 radical (unpaired) electrons. The number of anilines is 2. The number of ether oxygens (including phenoxy) is 1. The predicted octanol–water partition coefficient (Wildman–Crippen LogP) is 1.94. The molecule has 0 bridgehead atoms. The summed E-state index contributed by atoms with van der Waals surface area (Å²) in [4.78, 5) is 39.0. The van der Waals surface area contributed by atoms with Crippen LogP contribution in [0.1, 0.15) is 15.9 Å². The van der Waals surface area contributed by atoms with Crippen LogP contribution in [-0.4, -0.2) is 36.5 Å². The maximum atomic E-state index is 11.9. The quantitative estimate of drug-likeness (QED) is 0.719. The van der Waals surface area contributed by atoms with Gasteiger partial charge in [-0.3, -0.25) is 9.78 Å². The van der Waals surface area contributed by atoms with Crippen molar-refractivity contribution in [2.24, 2.45) is 0 Å². The Morgan fingerprint density at radius 2 is 1.96 bits per heavy atom. The van der Waals surface area contributed by atoms with E-state index in [4.69, 9.17) is 0 Å². The molecule has 0 saturated carbocycles. The zero-order chi connectivity index (χ0) is 18.2. The van der Waals surface area contributed by atoms with Crippen molar-refractivity contribution in [2.45, 2.75) is 6.92 Å². The van der Waals surface area contributed by atoms with Gasteiger partial charge in [-0.05, 0) is 42.8 Å². The van der Waals surface area contributed by atoms with E-state index in [1.54, 1.807) is 43.5 Å². The number of esters is 1. The zero-order valence-corrected chi connectivity index (χ0v) is 13.8. The Morgan fingerprint density at radius 1 is 1.16 bits per heavy atom. The Morgan fingerprint density at radius 3 is 2.60 bits per heavy atom.